The highest BCUT2D eigenvalue weighted by atomic mass is 31.2. The Balaban J connectivity index is 1.58. The quantitative estimate of drug-likeness (QED) is 0.297. The van der Waals surface area contributed by atoms with Crippen molar-refractivity contribution in [3.8, 4) is 11.8 Å². The summed E-state index contributed by atoms with van der Waals surface area (Å²) >= 11 is 0. The number of aromatic nitrogens is 3. The molecule has 1 saturated heterocycles. The molecule has 13 nitrogen and oxygen atoms in total. The normalized spacial score (nSPS) is 26.2. The van der Waals surface area contributed by atoms with Crippen molar-refractivity contribution in [2.24, 2.45) is 0 Å². The summed E-state index contributed by atoms with van der Waals surface area (Å²) in [7, 11) is -4.37. The van der Waals surface area contributed by atoms with E-state index in [1.807, 2.05) is 0 Å². The number of aliphatic hydroxyl groups is 1. The molecule has 36 heavy (non-hydrogen) atoms. The van der Waals surface area contributed by atoms with E-state index in [9.17, 15) is 24.8 Å². The number of fused-ring (bicyclic) bond motifs is 1. The van der Waals surface area contributed by atoms with Gasteiger partial charge in [-0.1, -0.05) is 18.2 Å². The summed E-state index contributed by atoms with van der Waals surface area (Å²) in [4.78, 5) is 19.1. The fourth-order valence-electron chi connectivity index (χ4n) is 3.64. The molecule has 15 heteroatoms. The molecule has 0 bridgehead atoms. The number of aliphatic hydroxyl groups excluding tert-OH is 1. The minimum Gasteiger partial charge on any atom is -0.480 e. The Hall–Kier alpha value is -3.60. The van der Waals surface area contributed by atoms with Crippen LogP contribution in [0, 0.1) is 11.3 Å². The number of carboxylic acids is 1. The standard InChI is InChI=1S/C21H22FN6O7P/c1-12(19(30)31)27-36(32,35-14-5-3-2-4-6-14)33-9-15-17(29)18(22)21(10-23,34-15)13-7-16-25-11-26-20(24)28(16)8-13/h2-8,11-12,15,17-18,29H,9H2,1H3,(H,27,32)(H,30,31)(H2,24,25,26)/t12?,15-,17-,18-,21+,36?/m1/s1. The van der Waals surface area contributed by atoms with E-state index in [-0.39, 0.29) is 22.9 Å². The first kappa shape index (κ1) is 25.5. The van der Waals surface area contributed by atoms with Crippen molar-refractivity contribution in [1.82, 2.24) is 19.5 Å². The first-order chi connectivity index (χ1) is 17.1. The Bertz CT molecular complexity index is 1350. The summed E-state index contributed by atoms with van der Waals surface area (Å²) in [6, 6.07) is 9.59. The molecule has 0 saturated carbocycles. The molecule has 1 aromatic carbocycles. The van der Waals surface area contributed by atoms with Gasteiger partial charge in [0.2, 0.25) is 11.5 Å². The van der Waals surface area contributed by atoms with Crippen molar-refractivity contribution in [1.29, 1.82) is 5.26 Å². The van der Waals surface area contributed by atoms with Crippen molar-refractivity contribution < 1.29 is 37.7 Å². The second-order valence-corrected chi connectivity index (χ2v) is 9.67. The fourth-order valence-corrected chi connectivity index (χ4v) is 5.14. The number of hydrogen-bond acceptors (Lipinski definition) is 10. The molecule has 0 spiro atoms. The molecular weight excluding hydrogens is 498 g/mol. The molecule has 190 valence electrons. The molecule has 5 N–H and O–H groups in total. The van der Waals surface area contributed by atoms with Crippen LogP contribution in [0.4, 0.5) is 10.3 Å². The average Bonchev–Trinajstić information content (AvgIpc) is 3.40. The Morgan fingerprint density at radius 3 is 2.81 bits per heavy atom. The highest BCUT2D eigenvalue weighted by molar-refractivity contribution is 7.52. The van der Waals surface area contributed by atoms with Crippen LogP contribution in [0.2, 0.25) is 0 Å². The number of anilines is 1. The zero-order valence-electron chi connectivity index (χ0n) is 18.8. The zero-order chi connectivity index (χ0) is 26.1. The maximum absolute atomic E-state index is 15.4. The number of nitriles is 1. The van der Waals surface area contributed by atoms with Crippen molar-refractivity contribution in [3.05, 3.63) is 54.5 Å². The summed E-state index contributed by atoms with van der Waals surface area (Å²) in [6.45, 7) is 0.516. The van der Waals surface area contributed by atoms with Crippen LogP contribution in [-0.2, 0) is 24.2 Å². The Labute approximate surface area is 203 Å². The molecule has 4 rings (SSSR count). The summed E-state index contributed by atoms with van der Waals surface area (Å²) in [6.07, 6.45) is -3.06. The van der Waals surface area contributed by atoms with Crippen molar-refractivity contribution in [2.45, 2.75) is 36.9 Å². The molecule has 1 aliphatic rings. The number of alkyl halides is 1. The number of nitrogens with two attached hydrogens (primary N) is 1. The number of nitrogens with one attached hydrogen (secondary N) is 1. The first-order valence-electron chi connectivity index (χ1n) is 10.6. The second-order valence-electron chi connectivity index (χ2n) is 7.97. The molecule has 2 unspecified atom stereocenters. The summed E-state index contributed by atoms with van der Waals surface area (Å²) in [5, 5.41) is 31.9. The lowest BCUT2D eigenvalue weighted by atomic mass is 9.91. The lowest BCUT2D eigenvalue weighted by Gasteiger charge is -2.24. The third-order valence-electron chi connectivity index (χ3n) is 5.53. The topological polar surface area (TPSA) is 194 Å². The largest absolute Gasteiger partial charge is 0.480 e. The van der Waals surface area contributed by atoms with Gasteiger partial charge in [-0.2, -0.15) is 10.3 Å². The predicted octanol–water partition coefficient (Wildman–Crippen LogP) is 1.39. The molecule has 0 aliphatic carbocycles. The molecule has 0 amide bonds. The lowest BCUT2D eigenvalue weighted by Crippen LogP contribution is -2.37. The van der Waals surface area contributed by atoms with E-state index in [1.165, 1.54) is 42.0 Å². The van der Waals surface area contributed by atoms with E-state index >= 15 is 4.39 Å². The van der Waals surface area contributed by atoms with Crippen molar-refractivity contribution in [2.75, 3.05) is 12.3 Å². The number of nitrogens with zero attached hydrogens (tertiary/aromatic N) is 4. The molecule has 1 aliphatic heterocycles. The molecule has 6 atom stereocenters. The molecule has 0 radical (unpaired) electrons. The van der Waals surface area contributed by atoms with Gasteiger partial charge in [0.05, 0.1) is 6.61 Å². The van der Waals surface area contributed by atoms with Gasteiger partial charge in [0.25, 0.3) is 0 Å². The van der Waals surface area contributed by atoms with Crippen LogP contribution in [-0.4, -0.2) is 61.6 Å². The van der Waals surface area contributed by atoms with Crippen molar-refractivity contribution >= 4 is 25.3 Å². The van der Waals surface area contributed by atoms with Gasteiger partial charge in [-0.25, -0.2) is 18.9 Å². The first-order valence-corrected chi connectivity index (χ1v) is 12.1. The number of nitrogen functional groups attached to an aromatic ring is 1. The van der Waals surface area contributed by atoms with Crippen LogP contribution in [0.3, 0.4) is 0 Å². The van der Waals surface area contributed by atoms with Crippen molar-refractivity contribution in [3.63, 3.8) is 0 Å². The number of hydrogen-bond donors (Lipinski definition) is 4. The lowest BCUT2D eigenvalue weighted by molar-refractivity contribution is -0.138. The van der Waals surface area contributed by atoms with Crippen LogP contribution < -0.4 is 15.3 Å². The third kappa shape index (κ3) is 4.75. The van der Waals surface area contributed by atoms with Gasteiger partial charge in [-0.3, -0.25) is 13.7 Å². The zero-order valence-corrected chi connectivity index (χ0v) is 19.7. The van der Waals surface area contributed by atoms with E-state index in [1.54, 1.807) is 24.3 Å². The van der Waals surface area contributed by atoms with E-state index in [4.69, 9.17) is 19.5 Å². The summed E-state index contributed by atoms with van der Waals surface area (Å²) in [5.74, 6) is -1.19. The van der Waals surface area contributed by atoms with Crippen LogP contribution in [0.5, 0.6) is 5.75 Å². The van der Waals surface area contributed by atoms with Gasteiger partial charge in [0.15, 0.2) is 6.17 Å². The smallest absolute Gasteiger partial charge is 0.459 e. The van der Waals surface area contributed by atoms with Gasteiger partial charge < -0.3 is 25.2 Å². The maximum Gasteiger partial charge on any atom is 0.459 e. The summed E-state index contributed by atoms with van der Waals surface area (Å²) in [5.41, 5.74) is 3.82. The highest BCUT2D eigenvalue weighted by Gasteiger charge is 2.58. The van der Waals surface area contributed by atoms with Crippen LogP contribution in [0.1, 0.15) is 12.5 Å². The van der Waals surface area contributed by atoms with Crippen LogP contribution in [0.15, 0.2) is 48.9 Å². The molecule has 3 heterocycles. The van der Waals surface area contributed by atoms with Crippen LogP contribution >= 0.6 is 7.75 Å². The summed E-state index contributed by atoms with van der Waals surface area (Å²) < 4.78 is 46.4. The second kappa shape index (κ2) is 9.81. The SMILES string of the molecule is CC(NP(=O)(OC[C@H]1O[C@@](C#N)(c2cc3ncnc(N)n3c2)[C@H](F)[C@@H]1O)Oc1ccccc1)C(=O)O. The number of para-hydroxylation sites is 1. The number of rotatable bonds is 9. The molecule has 3 aromatic rings. The Morgan fingerprint density at radius 1 is 1.44 bits per heavy atom. The number of halogens is 1. The highest BCUT2D eigenvalue weighted by Crippen LogP contribution is 2.47. The number of benzene rings is 1. The maximum atomic E-state index is 15.4. The van der Waals surface area contributed by atoms with Gasteiger partial charge >= 0.3 is 13.7 Å². The fraction of sp³-hybridized carbons (Fsp3) is 0.333. The minimum absolute atomic E-state index is 0.0209. The number of carbonyl (C=O) groups is 1. The molecule has 1 fully saturated rings. The van der Waals surface area contributed by atoms with E-state index in [0.717, 1.165) is 0 Å². The van der Waals surface area contributed by atoms with E-state index in [0.29, 0.717) is 0 Å². The van der Waals surface area contributed by atoms with E-state index < -0.39 is 50.3 Å². The number of aliphatic carboxylic acids is 1. The molecular formula is C21H22FN6O7P. The van der Waals surface area contributed by atoms with Gasteiger partial charge in [-0.05, 0) is 25.1 Å². The third-order valence-corrected chi connectivity index (χ3v) is 7.17. The van der Waals surface area contributed by atoms with Gasteiger partial charge in [0, 0.05) is 11.8 Å². The average molecular weight is 520 g/mol. The Morgan fingerprint density at radius 2 is 2.17 bits per heavy atom. The predicted molar refractivity (Wildman–Crippen MR) is 121 cm³/mol. The minimum atomic E-state index is -4.37. The van der Waals surface area contributed by atoms with Gasteiger partial charge in [0.1, 0.15) is 42.0 Å². The number of ether oxygens (including phenoxy) is 1. The monoisotopic (exact) mass is 520 g/mol. The Kier molecular flexibility index (Phi) is 6.94. The van der Waals surface area contributed by atoms with Gasteiger partial charge in [-0.15, -0.1) is 0 Å². The molecule has 2 aromatic heterocycles. The number of carboxylic acid groups (broad SMARTS) is 1. The van der Waals surface area contributed by atoms with Crippen LogP contribution in [0.25, 0.3) is 5.65 Å². The van der Waals surface area contributed by atoms with E-state index in [2.05, 4.69) is 15.1 Å².